The predicted octanol–water partition coefficient (Wildman–Crippen LogP) is 6.46. The number of hydrogen-bond acceptors (Lipinski definition) is 5. The zero-order valence-electron chi connectivity index (χ0n) is 20.7. The topological polar surface area (TPSA) is 121 Å². The molecule has 0 fully saturated rings. The first-order valence-electron chi connectivity index (χ1n) is 11.4. The summed E-state index contributed by atoms with van der Waals surface area (Å²) in [5.41, 5.74) is 2.67. The molecule has 8 nitrogen and oxygen atoms in total. The van der Waals surface area contributed by atoms with E-state index < -0.39 is 26.0 Å². The van der Waals surface area contributed by atoms with Crippen molar-refractivity contribution in [2.45, 2.75) is 23.6 Å². The number of rotatable bonds is 8. The summed E-state index contributed by atoms with van der Waals surface area (Å²) in [5.74, 6) is -0.451. The molecule has 12 heteroatoms. The third kappa shape index (κ3) is 6.90. The highest BCUT2D eigenvalue weighted by atomic mass is 35.5. The number of benzene rings is 4. The molecule has 0 saturated heterocycles. The molecule has 0 aliphatic carbocycles. The molecule has 0 unspecified atom stereocenters. The van der Waals surface area contributed by atoms with Crippen molar-refractivity contribution in [2.24, 2.45) is 0 Å². The molecule has 202 valence electrons. The number of halogens is 2. The van der Waals surface area contributed by atoms with Crippen LogP contribution in [0.2, 0.25) is 10.0 Å². The van der Waals surface area contributed by atoms with Gasteiger partial charge in [-0.05, 0) is 92.2 Å². The Morgan fingerprint density at radius 3 is 1.77 bits per heavy atom. The molecule has 0 aromatic heterocycles. The normalized spacial score (nSPS) is 11.6. The van der Waals surface area contributed by atoms with E-state index in [1.807, 2.05) is 6.92 Å². The summed E-state index contributed by atoms with van der Waals surface area (Å²) in [4.78, 5) is 12.9. The van der Waals surface area contributed by atoms with Crippen LogP contribution in [0.15, 0.2) is 94.7 Å². The summed E-state index contributed by atoms with van der Waals surface area (Å²) in [6, 6.07) is 21.0. The number of sulfonamides is 2. The number of nitrogens with one attached hydrogen (secondary N) is 3. The Kier molecular flexibility index (Phi) is 8.22. The Morgan fingerprint density at radius 2 is 1.21 bits per heavy atom. The molecule has 1 amide bonds. The highest BCUT2D eigenvalue weighted by Crippen LogP contribution is 2.28. The van der Waals surface area contributed by atoms with Crippen LogP contribution in [0.25, 0.3) is 0 Å². The molecule has 39 heavy (non-hydrogen) atoms. The second-order valence-corrected chi connectivity index (χ2v) is 12.9. The average Bonchev–Trinajstić information content (AvgIpc) is 2.87. The third-order valence-corrected chi connectivity index (χ3v) is 8.97. The fraction of sp³-hybridized carbons (Fsp3) is 0.0741. The molecule has 4 rings (SSSR count). The summed E-state index contributed by atoms with van der Waals surface area (Å²) in [7, 11) is -7.73. The van der Waals surface area contributed by atoms with Crippen molar-refractivity contribution < 1.29 is 21.6 Å². The molecule has 3 N–H and O–H groups in total. The minimum absolute atomic E-state index is 0.0347. The van der Waals surface area contributed by atoms with E-state index in [1.165, 1.54) is 66.7 Å². The van der Waals surface area contributed by atoms with Gasteiger partial charge in [-0.1, -0.05) is 40.9 Å². The molecule has 4 aromatic rings. The van der Waals surface area contributed by atoms with Gasteiger partial charge in [0, 0.05) is 16.3 Å². The second-order valence-electron chi connectivity index (χ2n) is 8.66. The quantitative estimate of drug-likeness (QED) is 0.213. The second kappa shape index (κ2) is 11.3. The Bertz CT molecular complexity index is 1760. The van der Waals surface area contributed by atoms with Crippen LogP contribution in [0.1, 0.15) is 21.5 Å². The number of carbonyl (C=O) groups excluding carboxylic acids is 1. The molecule has 4 aromatic carbocycles. The molecule has 0 atom stereocenters. The maximum absolute atomic E-state index is 12.8. The summed E-state index contributed by atoms with van der Waals surface area (Å²) in [6.45, 7) is 3.55. The van der Waals surface area contributed by atoms with E-state index in [0.717, 1.165) is 5.56 Å². The lowest BCUT2D eigenvalue weighted by Gasteiger charge is -2.13. The maximum Gasteiger partial charge on any atom is 0.261 e. The van der Waals surface area contributed by atoms with Crippen LogP contribution in [-0.4, -0.2) is 22.7 Å². The van der Waals surface area contributed by atoms with Crippen LogP contribution in [0.4, 0.5) is 17.1 Å². The molecule has 0 aliphatic rings. The van der Waals surface area contributed by atoms with Crippen molar-refractivity contribution >= 4 is 66.2 Å². The molecule has 0 bridgehead atoms. The summed E-state index contributed by atoms with van der Waals surface area (Å²) < 4.78 is 55.8. The number of amides is 1. The zero-order valence-corrected chi connectivity index (χ0v) is 23.8. The van der Waals surface area contributed by atoms with Gasteiger partial charge in [-0.3, -0.25) is 14.2 Å². The minimum atomic E-state index is -3.94. The van der Waals surface area contributed by atoms with Crippen LogP contribution in [0, 0.1) is 13.8 Å². The van der Waals surface area contributed by atoms with Gasteiger partial charge < -0.3 is 5.32 Å². The first kappa shape index (κ1) is 28.4. The fourth-order valence-corrected chi connectivity index (χ4v) is 6.26. The number of hydrogen-bond donors (Lipinski definition) is 3. The monoisotopic (exact) mass is 603 g/mol. The van der Waals surface area contributed by atoms with Crippen LogP contribution in [0.3, 0.4) is 0 Å². The van der Waals surface area contributed by atoms with Crippen molar-refractivity contribution in [3.8, 4) is 0 Å². The van der Waals surface area contributed by atoms with Gasteiger partial charge in [-0.25, -0.2) is 16.8 Å². The molecular weight excluding hydrogens is 581 g/mol. The van der Waals surface area contributed by atoms with E-state index in [-0.39, 0.29) is 20.5 Å². The van der Waals surface area contributed by atoms with Gasteiger partial charge in [-0.2, -0.15) is 0 Å². The Hall–Kier alpha value is -3.57. The van der Waals surface area contributed by atoms with E-state index in [1.54, 1.807) is 25.1 Å². The standard InChI is InChI=1S/C27H23Cl2N3O5S2/c1-17-3-9-22(10-4-17)38(34,35)31-25-13-5-19(15-18(25)2)27(33)30-21-7-11-23(12-8-21)39(36,37)32-26-14-6-20(28)16-24(26)29/h3-16,31-32H,1-2H3,(H,30,33). The van der Waals surface area contributed by atoms with Crippen molar-refractivity contribution in [3.63, 3.8) is 0 Å². The first-order valence-corrected chi connectivity index (χ1v) is 15.2. The lowest BCUT2D eigenvalue weighted by atomic mass is 10.1. The SMILES string of the molecule is Cc1ccc(S(=O)(=O)Nc2ccc(C(=O)Nc3ccc(S(=O)(=O)Nc4ccc(Cl)cc4Cl)cc3)cc2C)cc1. The highest BCUT2D eigenvalue weighted by Gasteiger charge is 2.18. The lowest BCUT2D eigenvalue weighted by molar-refractivity contribution is 0.102. The highest BCUT2D eigenvalue weighted by molar-refractivity contribution is 7.93. The third-order valence-electron chi connectivity index (χ3n) is 5.66. The van der Waals surface area contributed by atoms with Gasteiger partial charge in [-0.15, -0.1) is 0 Å². The number of aryl methyl sites for hydroxylation is 2. The van der Waals surface area contributed by atoms with Gasteiger partial charge in [0.05, 0.1) is 26.2 Å². The fourth-order valence-electron chi connectivity index (χ4n) is 3.54. The van der Waals surface area contributed by atoms with Gasteiger partial charge >= 0.3 is 0 Å². The largest absolute Gasteiger partial charge is 0.322 e. The zero-order chi connectivity index (χ0) is 28.4. The molecule has 0 saturated carbocycles. The van der Waals surface area contributed by atoms with Gasteiger partial charge in [0.15, 0.2) is 0 Å². The van der Waals surface area contributed by atoms with E-state index >= 15 is 0 Å². The van der Waals surface area contributed by atoms with Gasteiger partial charge in [0.1, 0.15) is 0 Å². The minimum Gasteiger partial charge on any atom is -0.322 e. The smallest absolute Gasteiger partial charge is 0.261 e. The van der Waals surface area contributed by atoms with E-state index in [0.29, 0.717) is 27.5 Å². The van der Waals surface area contributed by atoms with Crippen molar-refractivity contribution in [3.05, 3.63) is 112 Å². The van der Waals surface area contributed by atoms with Crippen molar-refractivity contribution in [1.82, 2.24) is 0 Å². The Labute approximate surface area is 237 Å². The van der Waals surface area contributed by atoms with Crippen LogP contribution in [0.5, 0.6) is 0 Å². The lowest BCUT2D eigenvalue weighted by Crippen LogP contribution is -2.16. The first-order chi connectivity index (χ1) is 18.3. The van der Waals surface area contributed by atoms with E-state index in [9.17, 15) is 21.6 Å². The predicted molar refractivity (Wildman–Crippen MR) is 155 cm³/mol. The molecule has 0 heterocycles. The number of carbonyl (C=O) groups is 1. The summed E-state index contributed by atoms with van der Waals surface area (Å²) in [6.07, 6.45) is 0. The van der Waals surface area contributed by atoms with Crippen LogP contribution in [-0.2, 0) is 20.0 Å². The molecular formula is C27H23Cl2N3O5S2. The Morgan fingerprint density at radius 1 is 0.667 bits per heavy atom. The van der Waals surface area contributed by atoms with Crippen LogP contribution < -0.4 is 14.8 Å². The molecule has 0 radical (unpaired) electrons. The summed E-state index contributed by atoms with van der Waals surface area (Å²) >= 11 is 11.9. The van der Waals surface area contributed by atoms with Crippen LogP contribution >= 0.6 is 23.2 Å². The van der Waals surface area contributed by atoms with Crippen molar-refractivity contribution in [1.29, 1.82) is 0 Å². The molecule has 0 aliphatic heterocycles. The van der Waals surface area contributed by atoms with Crippen molar-refractivity contribution in [2.75, 3.05) is 14.8 Å². The van der Waals surface area contributed by atoms with Gasteiger partial charge in [0.25, 0.3) is 26.0 Å². The summed E-state index contributed by atoms with van der Waals surface area (Å²) in [5, 5.41) is 3.22. The molecule has 0 spiro atoms. The Balaban J connectivity index is 1.44. The van der Waals surface area contributed by atoms with Gasteiger partial charge in [0.2, 0.25) is 0 Å². The van der Waals surface area contributed by atoms with E-state index in [4.69, 9.17) is 23.2 Å². The van der Waals surface area contributed by atoms with E-state index in [2.05, 4.69) is 14.8 Å². The number of anilines is 3. The average molecular weight is 605 g/mol. The maximum atomic E-state index is 12.8.